The zero-order valence-electron chi connectivity index (χ0n) is 5.55. The summed E-state index contributed by atoms with van der Waals surface area (Å²) in [6.07, 6.45) is 9.30. The van der Waals surface area contributed by atoms with Gasteiger partial charge in [-0.2, -0.15) is 0 Å². The molecule has 54 valence electrons. The summed E-state index contributed by atoms with van der Waals surface area (Å²) in [4.78, 5) is 0. The van der Waals surface area contributed by atoms with Crippen LogP contribution < -0.4 is 0 Å². The van der Waals surface area contributed by atoms with Gasteiger partial charge < -0.3 is 5.11 Å². The highest BCUT2D eigenvalue weighted by molar-refractivity contribution is 9.11. The first kappa shape index (κ1) is 7.61. The van der Waals surface area contributed by atoms with E-state index >= 15 is 0 Å². The van der Waals surface area contributed by atoms with Gasteiger partial charge in [-0.15, -0.1) is 0 Å². The number of aliphatic hydroxyl groups excluding tert-OH is 1. The van der Waals surface area contributed by atoms with Crippen LogP contribution in [-0.2, 0) is 0 Å². The van der Waals surface area contributed by atoms with Gasteiger partial charge in [-0.25, -0.2) is 0 Å². The summed E-state index contributed by atoms with van der Waals surface area (Å²) >= 11 is 3.34. The Hall–Kier alpha value is -0.500. The Balaban J connectivity index is 2.73. The minimum absolute atomic E-state index is 0.352. The standard InChI is InChI=1S/C8H9BrO/c9-7-3-1-2-4-8(10)6-5-7/h3-6,10H,1-2H2/b6-5-,7-3-,8-4+. The van der Waals surface area contributed by atoms with Crippen LogP contribution in [0.3, 0.4) is 0 Å². The van der Waals surface area contributed by atoms with Crippen molar-refractivity contribution in [1.82, 2.24) is 0 Å². The van der Waals surface area contributed by atoms with Gasteiger partial charge in [-0.1, -0.05) is 22.0 Å². The van der Waals surface area contributed by atoms with E-state index in [-0.39, 0.29) is 0 Å². The van der Waals surface area contributed by atoms with Crippen LogP contribution in [0.4, 0.5) is 0 Å². The molecule has 0 heterocycles. The SMILES string of the molecule is OC1=C/CC/C=C(Br)/C=C\1. The molecule has 1 rings (SSSR count). The summed E-state index contributed by atoms with van der Waals surface area (Å²) in [5.74, 6) is 0.352. The summed E-state index contributed by atoms with van der Waals surface area (Å²) in [6.45, 7) is 0. The van der Waals surface area contributed by atoms with Crippen LogP contribution in [0.2, 0.25) is 0 Å². The molecule has 1 nitrogen and oxygen atoms in total. The molecule has 1 N–H and O–H groups in total. The quantitative estimate of drug-likeness (QED) is 0.638. The molecule has 0 saturated heterocycles. The van der Waals surface area contributed by atoms with Crippen molar-refractivity contribution < 1.29 is 5.11 Å². The molecular formula is C8H9BrO. The number of allylic oxidation sites excluding steroid dienone is 5. The number of halogens is 1. The van der Waals surface area contributed by atoms with Crippen molar-refractivity contribution in [2.75, 3.05) is 0 Å². The highest BCUT2D eigenvalue weighted by Crippen LogP contribution is 2.13. The van der Waals surface area contributed by atoms with Gasteiger partial charge in [0.05, 0.1) is 0 Å². The normalized spacial score (nSPS) is 32.5. The second kappa shape index (κ2) is 3.62. The van der Waals surface area contributed by atoms with Crippen LogP contribution in [0.15, 0.2) is 34.5 Å². The molecule has 1 aliphatic carbocycles. The number of rotatable bonds is 0. The summed E-state index contributed by atoms with van der Waals surface area (Å²) in [5.41, 5.74) is 0. The summed E-state index contributed by atoms with van der Waals surface area (Å²) in [5, 5.41) is 9.06. The lowest BCUT2D eigenvalue weighted by Gasteiger charge is -1.96. The van der Waals surface area contributed by atoms with E-state index in [0.717, 1.165) is 17.3 Å². The molecule has 0 aromatic carbocycles. The van der Waals surface area contributed by atoms with Gasteiger partial charge in [0.25, 0.3) is 0 Å². The molecule has 0 unspecified atom stereocenters. The fraction of sp³-hybridized carbons (Fsp3) is 0.250. The minimum atomic E-state index is 0.352. The first-order valence-corrected chi connectivity index (χ1v) is 4.01. The molecular weight excluding hydrogens is 192 g/mol. The number of aliphatic hydroxyl groups is 1. The molecule has 0 aliphatic heterocycles. The molecule has 10 heavy (non-hydrogen) atoms. The smallest absolute Gasteiger partial charge is 0.111 e. The Morgan fingerprint density at radius 3 is 2.70 bits per heavy atom. The van der Waals surface area contributed by atoms with E-state index in [1.54, 1.807) is 6.08 Å². The lowest BCUT2D eigenvalue weighted by molar-refractivity contribution is 0.429. The van der Waals surface area contributed by atoms with Crippen LogP contribution in [-0.4, -0.2) is 5.11 Å². The maximum absolute atomic E-state index is 9.06. The number of hydrogen-bond acceptors (Lipinski definition) is 1. The minimum Gasteiger partial charge on any atom is -0.508 e. The van der Waals surface area contributed by atoms with Crippen molar-refractivity contribution in [3.05, 3.63) is 34.5 Å². The van der Waals surface area contributed by atoms with Gasteiger partial charge in [0.1, 0.15) is 5.76 Å². The third kappa shape index (κ3) is 2.40. The molecule has 0 spiro atoms. The van der Waals surface area contributed by atoms with Crippen LogP contribution in [0.25, 0.3) is 0 Å². The fourth-order valence-electron chi connectivity index (χ4n) is 0.754. The average Bonchev–Trinajstić information content (AvgIpc) is 1.90. The second-order valence-electron chi connectivity index (χ2n) is 2.13. The van der Waals surface area contributed by atoms with Gasteiger partial charge in [-0.05, 0) is 31.1 Å². The molecule has 0 aromatic heterocycles. The van der Waals surface area contributed by atoms with E-state index in [1.165, 1.54) is 0 Å². The van der Waals surface area contributed by atoms with Crippen LogP contribution in [0.5, 0.6) is 0 Å². The highest BCUT2D eigenvalue weighted by atomic mass is 79.9. The fourth-order valence-corrected chi connectivity index (χ4v) is 1.11. The first-order valence-electron chi connectivity index (χ1n) is 3.22. The third-order valence-corrected chi connectivity index (χ3v) is 1.86. The maximum atomic E-state index is 9.06. The van der Waals surface area contributed by atoms with E-state index in [0.29, 0.717) is 5.76 Å². The van der Waals surface area contributed by atoms with E-state index in [2.05, 4.69) is 22.0 Å². The molecule has 0 amide bonds. The lowest BCUT2D eigenvalue weighted by atomic mass is 10.2. The van der Waals surface area contributed by atoms with Gasteiger partial charge in [0, 0.05) is 4.48 Å². The van der Waals surface area contributed by atoms with Crippen LogP contribution in [0.1, 0.15) is 12.8 Å². The maximum Gasteiger partial charge on any atom is 0.111 e. The van der Waals surface area contributed by atoms with Crippen LogP contribution >= 0.6 is 15.9 Å². The monoisotopic (exact) mass is 200 g/mol. The Bertz CT molecular complexity index is 179. The van der Waals surface area contributed by atoms with Gasteiger partial charge >= 0.3 is 0 Å². The predicted octanol–water partition coefficient (Wildman–Crippen LogP) is 3.06. The molecule has 0 radical (unpaired) electrons. The zero-order valence-corrected chi connectivity index (χ0v) is 7.13. The highest BCUT2D eigenvalue weighted by Gasteiger charge is 1.91. The molecule has 0 fully saturated rings. The van der Waals surface area contributed by atoms with E-state index in [4.69, 9.17) is 5.11 Å². The Morgan fingerprint density at radius 1 is 1.20 bits per heavy atom. The van der Waals surface area contributed by atoms with Gasteiger partial charge in [0.15, 0.2) is 0 Å². The second-order valence-corrected chi connectivity index (χ2v) is 3.04. The molecule has 0 saturated carbocycles. The van der Waals surface area contributed by atoms with Gasteiger partial charge in [0.2, 0.25) is 0 Å². The van der Waals surface area contributed by atoms with Crippen molar-refractivity contribution in [3.8, 4) is 0 Å². The number of hydrogen-bond donors (Lipinski definition) is 1. The van der Waals surface area contributed by atoms with Crippen molar-refractivity contribution in [2.45, 2.75) is 12.8 Å². The Labute approximate surface area is 68.9 Å². The van der Waals surface area contributed by atoms with E-state index < -0.39 is 0 Å². The molecule has 0 aromatic rings. The molecule has 2 heteroatoms. The summed E-state index contributed by atoms with van der Waals surface area (Å²) in [7, 11) is 0. The summed E-state index contributed by atoms with van der Waals surface area (Å²) in [6, 6.07) is 0. The Kier molecular flexibility index (Phi) is 2.75. The van der Waals surface area contributed by atoms with E-state index in [9.17, 15) is 0 Å². The molecule has 0 bridgehead atoms. The van der Waals surface area contributed by atoms with Crippen LogP contribution in [0, 0.1) is 0 Å². The third-order valence-electron chi connectivity index (χ3n) is 1.27. The Morgan fingerprint density at radius 2 is 1.90 bits per heavy atom. The van der Waals surface area contributed by atoms with Crippen molar-refractivity contribution in [1.29, 1.82) is 0 Å². The largest absolute Gasteiger partial charge is 0.508 e. The predicted molar refractivity (Wildman–Crippen MR) is 46.1 cm³/mol. The topological polar surface area (TPSA) is 20.2 Å². The first-order chi connectivity index (χ1) is 4.79. The van der Waals surface area contributed by atoms with Crippen molar-refractivity contribution in [2.24, 2.45) is 0 Å². The summed E-state index contributed by atoms with van der Waals surface area (Å²) < 4.78 is 1.03. The average molecular weight is 201 g/mol. The molecule has 1 aliphatic rings. The molecule has 0 atom stereocenters. The van der Waals surface area contributed by atoms with Crippen molar-refractivity contribution >= 4 is 15.9 Å². The van der Waals surface area contributed by atoms with E-state index in [1.807, 2.05) is 12.2 Å². The van der Waals surface area contributed by atoms with Gasteiger partial charge in [-0.3, -0.25) is 0 Å². The van der Waals surface area contributed by atoms with Crippen molar-refractivity contribution in [3.63, 3.8) is 0 Å². The zero-order chi connectivity index (χ0) is 7.40. The lowest BCUT2D eigenvalue weighted by Crippen LogP contribution is -1.78.